The first-order valence-corrected chi connectivity index (χ1v) is 17.3. The van der Waals surface area contributed by atoms with Gasteiger partial charge < -0.3 is 10.0 Å². The molecule has 1 amide bonds. The van der Waals surface area contributed by atoms with E-state index >= 15 is 0 Å². The molecule has 2 saturated carbocycles. The standard InChI is InChI=1S/C29H37N3O6S2/c33-17-18-39(35,36)30-23-7-8-26-25(20-23)29(13-11-28(9-10-28)12-14-29)21-32(26)27(34)22-5-4-6-24(19-22)40(37,38)31-15-2-1-3-16-31/h4-8,19-20,30,33H,1-3,9-18,21H2. The van der Waals surface area contributed by atoms with Crippen LogP contribution >= 0.6 is 0 Å². The van der Waals surface area contributed by atoms with E-state index < -0.39 is 26.7 Å². The highest BCUT2D eigenvalue weighted by Gasteiger charge is 2.53. The Morgan fingerprint density at radius 2 is 1.60 bits per heavy atom. The van der Waals surface area contributed by atoms with Crippen LogP contribution in [-0.2, 0) is 25.5 Å². The lowest BCUT2D eigenvalue weighted by Crippen LogP contribution is -2.40. The summed E-state index contributed by atoms with van der Waals surface area (Å²) in [6.45, 7) is 0.997. The molecule has 3 fully saturated rings. The molecule has 0 radical (unpaired) electrons. The third kappa shape index (κ3) is 5.06. The monoisotopic (exact) mass is 587 g/mol. The van der Waals surface area contributed by atoms with Crippen LogP contribution < -0.4 is 9.62 Å². The molecule has 6 rings (SSSR count). The van der Waals surface area contributed by atoms with Crippen molar-refractivity contribution in [3.05, 3.63) is 53.6 Å². The Morgan fingerprint density at radius 1 is 0.900 bits per heavy atom. The maximum absolute atomic E-state index is 14.0. The molecule has 2 aliphatic carbocycles. The van der Waals surface area contributed by atoms with Crippen LogP contribution in [0, 0.1) is 5.41 Å². The number of carbonyl (C=O) groups excluding carboxylic acids is 1. The first kappa shape index (κ1) is 27.7. The molecule has 2 aliphatic heterocycles. The molecule has 0 bridgehead atoms. The van der Waals surface area contributed by atoms with Crippen LogP contribution in [0.4, 0.5) is 11.4 Å². The molecule has 0 atom stereocenters. The van der Waals surface area contributed by atoms with E-state index in [4.69, 9.17) is 5.11 Å². The number of hydrogen-bond acceptors (Lipinski definition) is 6. The average Bonchev–Trinajstić information content (AvgIpc) is 3.65. The van der Waals surface area contributed by atoms with Crippen molar-refractivity contribution < 1.29 is 26.7 Å². The molecule has 2 heterocycles. The van der Waals surface area contributed by atoms with Crippen LogP contribution in [0.2, 0.25) is 0 Å². The molecule has 2 aromatic carbocycles. The number of aliphatic hydroxyl groups is 1. The van der Waals surface area contributed by atoms with Crippen molar-refractivity contribution in [1.29, 1.82) is 0 Å². The molecular weight excluding hydrogens is 550 g/mol. The number of amides is 1. The highest BCUT2D eigenvalue weighted by atomic mass is 32.2. The minimum Gasteiger partial charge on any atom is -0.395 e. The van der Waals surface area contributed by atoms with Gasteiger partial charge in [-0.15, -0.1) is 0 Å². The Bertz CT molecular complexity index is 1520. The first-order valence-electron chi connectivity index (χ1n) is 14.2. The fraction of sp³-hybridized carbons (Fsp3) is 0.552. The van der Waals surface area contributed by atoms with Crippen molar-refractivity contribution in [2.24, 2.45) is 5.41 Å². The smallest absolute Gasteiger partial charge is 0.258 e. The molecule has 11 heteroatoms. The van der Waals surface area contributed by atoms with E-state index in [-0.39, 0.29) is 22.0 Å². The average molecular weight is 588 g/mol. The number of benzene rings is 2. The SMILES string of the molecule is O=C(c1cccc(S(=O)(=O)N2CCCCC2)c1)N1CC2(CCC3(CC3)CC2)c2cc(NS(=O)(=O)CCO)ccc21. The van der Waals surface area contributed by atoms with Crippen molar-refractivity contribution in [2.75, 3.05) is 41.6 Å². The molecule has 2 spiro atoms. The Balaban J connectivity index is 1.33. The van der Waals surface area contributed by atoms with Gasteiger partial charge in [-0.1, -0.05) is 12.5 Å². The molecular formula is C29H37N3O6S2. The van der Waals surface area contributed by atoms with Gasteiger partial charge in [0.2, 0.25) is 20.0 Å². The third-order valence-corrected chi connectivity index (χ3v) is 12.6. The summed E-state index contributed by atoms with van der Waals surface area (Å²) in [5.74, 6) is -0.645. The second kappa shape index (κ2) is 10.1. The van der Waals surface area contributed by atoms with Crippen LogP contribution in [0.1, 0.15) is 73.7 Å². The molecule has 2 N–H and O–H groups in total. The van der Waals surface area contributed by atoms with Gasteiger partial charge in [-0.05, 0) is 98.7 Å². The van der Waals surface area contributed by atoms with Crippen LogP contribution in [0.5, 0.6) is 0 Å². The summed E-state index contributed by atoms with van der Waals surface area (Å²) in [4.78, 5) is 15.9. The highest BCUT2D eigenvalue weighted by molar-refractivity contribution is 7.92. The number of carbonyl (C=O) groups is 1. The number of anilines is 2. The van der Waals surface area contributed by atoms with E-state index in [9.17, 15) is 21.6 Å². The zero-order valence-electron chi connectivity index (χ0n) is 22.6. The van der Waals surface area contributed by atoms with Crippen molar-refractivity contribution in [2.45, 2.75) is 68.1 Å². The number of nitrogens with one attached hydrogen (secondary N) is 1. The van der Waals surface area contributed by atoms with Gasteiger partial charge in [-0.3, -0.25) is 9.52 Å². The van der Waals surface area contributed by atoms with E-state index in [2.05, 4.69) is 4.72 Å². The van der Waals surface area contributed by atoms with Gasteiger partial charge in [-0.2, -0.15) is 4.31 Å². The Kier molecular flexibility index (Phi) is 7.00. The summed E-state index contributed by atoms with van der Waals surface area (Å²) in [6.07, 6.45) is 9.19. The van der Waals surface area contributed by atoms with Gasteiger partial charge in [0.15, 0.2) is 0 Å². The highest BCUT2D eigenvalue weighted by Crippen LogP contribution is 2.62. The summed E-state index contributed by atoms with van der Waals surface area (Å²) in [5.41, 5.74) is 2.59. The first-order chi connectivity index (χ1) is 19.1. The number of hydrogen-bond donors (Lipinski definition) is 2. The number of aliphatic hydroxyl groups excluding tert-OH is 1. The van der Waals surface area contributed by atoms with Crippen molar-refractivity contribution >= 4 is 37.3 Å². The van der Waals surface area contributed by atoms with Crippen molar-refractivity contribution in [3.8, 4) is 0 Å². The van der Waals surface area contributed by atoms with Crippen LogP contribution in [0.3, 0.4) is 0 Å². The van der Waals surface area contributed by atoms with E-state index in [1.165, 1.54) is 23.2 Å². The van der Waals surface area contributed by atoms with E-state index in [0.29, 0.717) is 36.3 Å². The summed E-state index contributed by atoms with van der Waals surface area (Å²) >= 11 is 0. The Hall–Kier alpha value is -2.47. The van der Waals surface area contributed by atoms with Gasteiger partial charge in [0.25, 0.3) is 5.91 Å². The van der Waals surface area contributed by atoms with Gasteiger partial charge in [0.1, 0.15) is 0 Å². The third-order valence-electron chi connectivity index (χ3n) is 9.46. The minimum atomic E-state index is -3.70. The summed E-state index contributed by atoms with van der Waals surface area (Å²) in [5, 5.41) is 9.13. The van der Waals surface area contributed by atoms with Crippen LogP contribution in [0.15, 0.2) is 47.4 Å². The van der Waals surface area contributed by atoms with Gasteiger partial charge in [0.05, 0.1) is 17.3 Å². The second-order valence-corrected chi connectivity index (χ2v) is 15.8. The number of nitrogens with zero attached hydrogens (tertiary/aromatic N) is 2. The van der Waals surface area contributed by atoms with E-state index in [1.807, 2.05) is 6.07 Å². The summed E-state index contributed by atoms with van der Waals surface area (Å²) < 4.78 is 55.4. The topological polar surface area (TPSA) is 124 Å². The molecule has 216 valence electrons. The maximum Gasteiger partial charge on any atom is 0.258 e. The fourth-order valence-corrected chi connectivity index (χ4v) is 9.22. The quantitative estimate of drug-likeness (QED) is 0.507. The van der Waals surface area contributed by atoms with Crippen LogP contribution in [0.25, 0.3) is 0 Å². The predicted molar refractivity (Wildman–Crippen MR) is 153 cm³/mol. The van der Waals surface area contributed by atoms with Gasteiger partial charge in [0, 0.05) is 42.0 Å². The van der Waals surface area contributed by atoms with Crippen molar-refractivity contribution in [1.82, 2.24) is 4.31 Å². The summed E-state index contributed by atoms with van der Waals surface area (Å²) in [7, 11) is -7.38. The lowest BCUT2D eigenvalue weighted by atomic mass is 9.66. The van der Waals surface area contributed by atoms with E-state index in [1.54, 1.807) is 35.2 Å². The largest absolute Gasteiger partial charge is 0.395 e. The normalized spacial score (nSPS) is 21.9. The van der Waals surface area contributed by atoms with Crippen molar-refractivity contribution in [3.63, 3.8) is 0 Å². The number of rotatable bonds is 7. The fourth-order valence-electron chi connectivity index (χ4n) is 6.83. The maximum atomic E-state index is 14.0. The molecule has 2 aromatic rings. The van der Waals surface area contributed by atoms with Crippen LogP contribution in [-0.4, -0.2) is 64.1 Å². The van der Waals surface area contributed by atoms with E-state index in [0.717, 1.165) is 56.2 Å². The lowest BCUT2D eigenvalue weighted by Gasteiger charge is -2.38. The zero-order valence-corrected chi connectivity index (χ0v) is 24.3. The second-order valence-electron chi connectivity index (χ2n) is 12.0. The summed E-state index contributed by atoms with van der Waals surface area (Å²) in [6, 6.07) is 11.6. The molecule has 0 aromatic heterocycles. The van der Waals surface area contributed by atoms with Gasteiger partial charge >= 0.3 is 0 Å². The number of sulfonamides is 2. The molecule has 1 saturated heterocycles. The molecule has 40 heavy (non-hydrogen) atoms. The number of fused-ring (bicyclic) bond motifs is 2. The number of piperidine rings is 1. The molecule has 9 nitrogen and oxygen atoms in total. The molecule has 0 unspecified atom stereocenters. The minimum absolute atomic E-state index is 0.136. The Morgan fingerprint density at radius 3 is 2.27 bits per heavy atom. The molecule has 4 aliphatic rings. The Labute approximate surface area is 236 Å². The predicted octanol–water partition coefficient (Wildman–Crippen LogP) is 3.85. The van der Waals surface area contributed by atoms with Gasteiger partial charge in [-0.25, -0.2) is 16.8 Å². The lowest BCUT2D eigenvalue weighted by molar-refractivity contribution is 0.0980. The zero-order chi connectivity index (χ0) is 28.2.